The quantitative estimate of drug-likeness (QED) is 0.477. The highest BCUT2D eigenvalue weighted by molar-refractivity contribution is 5.99. The second-order valence-corrected chi connectivity index (χ2v) is 10.1. The Morgan fingerprint density at radius 3 is 2.68 bits per heavy atom. The number of halogens is 1. The van der Waals surface area contributed by atoms with Crippen LogP contribution in [0, 0.1) is 17.7 Å². The Morgan fingerprint density at radius 2 is 2.00 bits per heavy atom. The summed E-state index contributed by atoms with van der Waals surface area (Å²) in [5.41, 5.74) is -0.233. The van der Waals surface area contributed by atoms with Gasteiger partial charge in [-0.1, -0.05) is 19.9 Å². The SMILES string of the molecule is CCO[C@@H]1OC(=O)CC1NC(=O)[C@@H]1[C@H]2CC[C@H](C2)N1C(=O)[C@@H](NC(=O)c1cccc(OC)c1F)C(C)C. The van der Waals surface area contributed by atoms with Crippen molar-refractivity contribution < 1.29 is 37.8 Å². The molecule has 2 aliphatic heterocycles. The molecule has 6 atom stereocenters. The summed E-state index contributed by atoms with van der Waals surface area (Å²) in [6.07, 6.45) is 1.36. The van der Waals surface area contributed by atoms with Crippen molar-refractivity contribution in [3.05, 3.63) is 29.6 Å². The fraction of sp³-hybridized carbons (Fsp3) is 0.615. The summed E-state index contributed by atoms with van der Waals surface area (Å²) >= 11 is 0. The minimum absolute atomic E-state index is 0.0120. The number of likely N-dealkylation sites (tertiary alicyclic amines) is 1. The first-order chi connectivity index (χ1) is 17.7. The molecule has 1 aromatic rings. The first kappa shape index (κ1) is 26.8. The van der Waals surface area contributed by atoms with E-state index in [1.54, 1.807) is 25.7 Å². The number of nitrogens with zero attached hydrogens (tertiary/aromatic N) is 1. The lowest BCUT2D eigenvalue weighted by Crippen LogP contribution is -2.60. The Bertz CT molecular complexity index is 1060. The fourth-order valence-electron chi connectivity index (χ4n) is 5.62. The summed E-state index contributed by atoms with van der Waals surface area (Å²) < 4.78 is 30.3. The van der Waals surface area contributed by atoms with Gasteiger partial charge in [0, 0.05) is 12.6 Å². The van der Waals surface area contributed by atoms with Gasteiger partial charge >= 0.3 is 5.97 Å². The zero-order chi connectivity index (χ0) is 26.9. The number of methoxy groups -OCH3 is 1. The molecule has 2 bridgehead atoms. The molecule has 10 nitrogen and oxygen atoms in total. The van der Waals surface area contributed by atoms with Crippen molar-refractivity contribution in [3.8, 4) is 5.75 Å². The number of carbonyl (C=O) groups excluding carboxylic acids is 4. The molecule has 3 aliphatic rings. The van der Waals surface area contributed by atoms with Gasteiger partial charge in [0.1, 0.15) is 18.1 Å². The van der Waals surface area contributed by atoms with Crippen molar-refractivity contribution in [1.29, 1.82) is 0 Å². The number of piperidine rings is 1. The van der Waals surface area contributed by atoms with Gasteiger partial charge in [0.2, 0.25) is 18.1 Å². The van der Waals surface area contributed by atoms with Crippen molar-refractivity contribution in [1.82, 2.24) is 15.5 Å². The Kier molecular flexibility index (Phi) is 8.01. The van der Waals surface area contributed by atoms with E-state index < -0.39 is 42.1 Å². The Morgan fingerprint density at radius 1 is 1.24 bits per heavy atom. The van der Waals surface area contributed by atoms with Crippen LogP contribution in [0.5, 0.6) is 5.75 Å². The fourth-order valence-corrected chi connectivity index (χ4v) is 5.62. The molecule has 3 fully saturated rings. The van der Waals surface area contributed by atoms with Gasteiger partial charge in [-0.25, -0.2) is 4.39 Å². The molecular formula is C26H34FN3O7. The molecule has 0 spiro atoms. The van der Waals surface area contributed by atoms with E-state index in [1.807, 2.05) is 0 Å². The monoisotopic (exact) mass is 519 g/mol. The molecule has 1 aliphatic carbocycles. The largest absolute Gasteiger partial charge is 0.494 e. The number of amides is 3. The number of hydrogen-bond donors (Lipinski definition) is 2. The molecule has 2 N–H and O–H groups in total. The van der Waals surface area contributed by atoms with Crippen molar-refractivity contribution in [2.24, 2.45) is 11.8 Å². The highest BCUT2D eigenvalue weighted by atomic mass is 19.1. The van der Waals surface area contributed by atoms with Gasteiger partial charge in [0.15, 0.2) is 11.6 Å². The van der Waals surface area contributed by atoms with Gasteiger partial charge in [0.25, 0.3) is 5.91 Å². The zero-order valence-corrected chi connectivity index (χ0v) is 21.5. The van der Waals surface area contributed by atoms with E-state index in [0.29, 0.717) is 13.0 Å². The lowest BCUT2D eigenvalue weighted by Gasteiger charge is -2.38. The molecule has 3 amide bonds. The van der Waals surface area contributed by atoms with Gasteiger partial charge in [-0.05, 0) is 50.2 Å². The minimum atomic E-state index is -0.972. The number of cyclic esters (lactones) is 1. The maximum atomic E-state index is 14.7. The number of esters is 1. The van der Waals surface area contributed by atoms with Crippen molar-refractivity contribution in [2.45, 2.75) is 76.9 Å². The third-order valence-corrected chi connectivity index (χ3v) is 7.38. The van der Waals surface area contributed by atoms with E-state index in [9.17, 15) is 23.6 Å². The second kappa shape index (κ2) is 11.0. The van der Waals surface area contributed by atoms with Crippen molar-refractivity contribution in [2.75, 3.05) is 13.7 Å². The highest BCUT2D eigenvalue weighted by Gasteiger charge is 2.53. The predicted octanol–water partition coefficient (Wildman–Crippen LogP) is 1.76. The number of rotatable bonds is 9. The third-order valence-electron chi connectivity index (χ3n) is 7.38. The van der Waals surface area contributed by atoms with E-state index in [1.165, 1.54) is 25.3 Å². The summed E-state index contributed by atoms with van der Waals surface area (Å²) in [5.74, 6) is -3.21. The molecule has 4 rings (SSSR count). The summed E-state index contributed by atoms with van der Waals surface area (Å²) in [7, 11) is 1.30. The zero-order valence-electron chi connectivity index (χ0n) is 21.5. The van der Waals surface area contributed by atoms with Crippen LogP contribution in [-0.2, 0) is 23.9 Å². The Balaban J connectivity index is 1.52. The summed E-state index contributed by atoms with van der Waals surface area (Å²) in [6, 6.07) is 1.73. The smallest absolute Gasteiger partial charge is 0.310 e. The molecule has 1 saturated carbocycles. The van der Waals surface area contributed by atoms with Gasteiger partial charge < -0.3 is 29.7 Å². The van der Waals surface area contributed by atoms with Crippen LogP contribution in [0.3, 0.4) is 0 Å². The van der Waals surface area contributed by atoms with Crippen molar-refractivity contribution >= 4 is 23.7 Å². The number of fused-ring (bicyclic) bond motifs is 2. The first-order valence-corrected chi connectivity index (χ1v) is 12.7. The van der Waals surface area contributed by atoms with Gasteiger partial charge in [-0.3, -0.25) is 19.2 Å². The van der Waals surface area contributed by atoms with Crippen LogP contribution in [0.15, 0.2) is 18.2 Å². The molecular weight excluding hydrogens is 485 g/mol. The molecule has 11 heteroatoms. The highest BCUT2D eigenvalue weighted by Crippen LogP contribution is 2.43. The predicted molar refractivity (Wildman–Crippen MR) is 129 cm³/mol. The molecule has 2 heterocycles. The number of nitrogens with one attached hydrogen (secondary N) is 2. The number of hydrogen-bond acceptors (Lipinski definition) is 7. The van der Waals surface area contributed by atoms with E-state index in [2.05, 4.69) is 10.6 Å². The summed E-state index contributed by atoms with van der Waals surface area (Å²) in [6.45, 7) is 5.64. The summed E-state index contributed by atoms with van der Waals surface area (Å²) in [4.78, 5) is 53.6. The maximum Gasteiger partial charge on any atom is 0.310 e. The standard InChI is InChI=1S/C26H34FN3O7/c1-5-36-26-17(12-19(31)37-26)28-24(33)22-14-9-10-15(11-14)30(22)25(34)21(13(2)3)29-23(32)16-7-6-8-18(35-4)20(16)27/h6-8,13-15,17,21-22,26H,5,9-12H2,1-4H3,(H,28,33)(H,29,32)/t14-,15+,17?,21-,22-,26+/m0/s1. The normalized spacial score (nSPS) is 27.2. The van der Waals surface area contributed by atoms with Crippen LogP contribution in [0.2, 0.25) is 0 Å². The van der Waals surface area contributed by atoms with Crippen LogP contribution in [0.1, 0.15) is 56.8 Å². The van der Waals surface area contributed by atoms with E-state index in [-0.39, 0.29) is 47.4 Å². The number of benzene rings is 1. The lowest BCUT2D eigenvalue weighted by atomic mass is 9.95. The van der Waals surface area contributed by atoms with E-state index >= 15 is 0 Å². The third kappa shape index (κ3) is 5.27. The van der Waals surface area contributed by atoms with Crippen LogP contribution >= 0.6 is 0 Å². The van der Waals surface area contributed by atoms with Crippen LogP contribution in [-0.4, -0.2) is 72.8 Å². The molecule has 1 unspecified atom stereocenters. The lowest BCUT2D eigenvalue weighted by molar-refractivity contribution is -0.165. The van der Waals surface area contributed by atoms with Crippen molar-refractivity contribution in [3.63, 3.8) is 0 Å². The van der Waals surface area contributed by atoms with Gasteiger partial charge in [0.05, 0.1) is 19.1 Å². The van der Waals surface area contributed by atoms with E-state index in [0.717, 1.165) is 12.8 Å². The van der Waals surface area contributed by atoms with Crippen LogP contribution in [0.25, 0.3) is 0 Å². The van der Waals surface area contributed by atoms with Crippen LogP contribution < -0.4 is 15.4 Å². The molecule has 2 saturated heterocycles. The molecule has 0 radical (unpaired) electrons. The van der Waals surface area contributed by atoms with Gasteiger partial charge in [-0.2, -0.15) is 0 Å². The number of carbonyl (C=O) groups is 4. The molecule has 1 aromatic carbocycles. The average Bonchev–Trinajstić information content (AvgIpc) is 3.57. The molecule has 202 valence electrons. The molecule has 37 heavy (non-hydrogen) atoms. The Hall–Kier alpha value is -3.21. The number of ether oxygens (including phenoxy) is 3. The first-order valence-electron chi connectivity index (χ1n) is 12.7. The topological polar surface area (TPSA) is 123 Å². The Labute approximate surface area is 215 Å². The second-order valence-electron chi connectivity index (χ2n) is 10.1. The van der Waals surface area contributed by atoms with Gasteiger partial charge in [-0.15, -0.1) is 0 Å². The minimum Gasteiger partial charge on any atom is -0.494 e. The average molecular weight is 520 g/mol. The van der Waals surface area contributed by atoms with E-state index in [4.69, 9.17) is 14.2 Å². The molecule has 0 aromatic heterocycles. The maximum absolute atomic E-state index is 14.7. The van der Waals surface area contributed by atoms with Crippen LogP contribution in [0.4, 0.5) is 4.39 Å². The summed E-state index contributed by atoms with van der Waals surface area (Å²) in [5, 5.41) is 5.54.